The molecule has 1 aliphatic rings. The number of hydrogen-bond acceptors (Lipinski definition) is 1. The molecule has 1 saturated carbocycles. The van der Waals surface area contributed by atoms with Crippen molar-refractivity contribution in [2.24, 2.45) is 0 Å². The van der Waals surface area contributed by atoms with Crippen LogP contribution in [0.3, 0.4) is 0 Å². The number of carbonyl (C=O) groups is 1. The first-order valence-corrected chi connectivity index (χ1v) is 7.66. The zero-order chi connectivity index (χ0) is 13.5. The normalized spacial score (nSPS) is 17.9. The summed E-state index contributed by atoms with van der Waals surface area (Å²) in [6.45, 7) is 2.14. The maximum Gasteiger partial charge on any atom is 0.227 e. The van der Waals surface area contributed by atoms with Crippen LogP contribution in [0.5, 0.6) is 0 Å². The second kappa shape index (κ2) is 7.32. The molecule has 1 aromatic carbocycles. The van der Waals surface area contributed by atoms with Crippen LogP contribution in [0.15, 0.2) is 30.3 Å². The molecule has 1 N–H and O–H groups in total. The highest BCUT2D eigenvalue weighted by Gasteiger charge is 2.23. The Labute approximate surface area is 116 Å². The van der Waals surface area contributed by atoms with Gasteiger partial charge in [0.05, 0.1) is 5.92 Å². The first kappa shape index (κ1) is 14.1. The Hall–Kier alpha value is -1.31. The smallest absolute Gasteiger partial charge is 0.227 e. The molecule has 0 saturated heterocycles. The van der Waals surface area contributed by atoms with Crippen molar-refractivity contribution in [1.29, 1.82) is 0 Å². The SMILES string of the molecule is CCCC(C(=O)NC1CCCCC1)c1ccccc1. The van der Waals surface area contributed by atoms with E-state index in [4.69, 9.17) is 0 Å². The van der Waals surface area contributed by atoms with E-state index in [0.717, 1.165) is 31.2 Å². The summed E-state index contributed by atoms with van der Waals surface area (Å²) in [7, 11) is 0. The Morgan fingerprint density at radius 3 is 2.53 bits per heavy atom. The zero-order valence-electron chi connectivity index (χ0n) is 11.9. The number of rotatable bonds is 5. The molecule has 1 amide bonds. The Bertz CT molecular complexity index is 382. The number of hydrogen-bond donors (Lipinski definition) is 1. The second-order valence-electron chi connectivity index (χ2n) is 5.60. The minimum absolute atomic E-state index is 0.0214. The minimum Gasteiger partial charge on any atom is -0.353 e. The van der Waals surface area contributed by atoms with Crippen LogP contribution >= 0.6 is 0 Å². The molecule has 1 atom stereocenters. The predicted molar refractivity (Wildman–Crippen MR) is 79.1 cm³/mol. The molecule has 2 nitrogen and oxygen atoms in total. The lowest BCUT2D eigenvalue weighted by Gasteiger charge is -2.25. The molecule has 0 aromatic heterocycles. The quantitative estimate of drug-likeness (QED) is 0.850. The van der Waals surface area contributed by atoms with Crippen LogP contribution < -0.4 is 5.32 Å². The second-order valence-corrected chi connectivity index (χ2v) is 5.60. The maximum atomic E-state index is 12.5. The van der Waals surface area contributed by atoms with Gasteiger partial charge in [0.1, 0.15) is 0 Å². The van der Waals surface area contributed by atoms with Crippen LogP contribution in [0, 0.1) is 0 Å². The van der Waals surface area contributed by atoms with Crippen molar-refractivity contribution in [1.82, 2.24) is 5.32 Å². The molecule has 0 spiro atoms. The maximum absolute atomic E-state index is 12.5. The fourth-order valence-corrected chi connectivity index (χ4v) is 2.97. The highest BCUT2D eigenvalue weighted by molar-refractivity contribution is 5.83. The monoisotopic (exact) mass is 259 g/mol. The standard InChI is InChI=1S/C17H25NO/c1-2-9-16(14-10-5-3-6-11-14)17(19)18-15-12-7-4-8-13-15/h3,5-6,10-11,15-16H,2,4,7-9,12-13H2,1H3,(H,18,19). The van der Waals surface area contributed by atoms with Gasteiger partial charge in [-0.25, -0.2) is 0 Å². The molecule has 0 heterocycles. The van der Waals surface area contributed by atoms with Crippen LogP contribution in [0.25, 0.3) is 0 Å². The summed E-state index contributed by atoms with van der Waals surface area (Å²) in [6, 6.07) is 10.6. The van der Waals surface area contributed by atoms with Crippen molar-refractivity contribution in [2.75, 3.05) is 0 Å². The topological polar surface area (TPSA) is 29.1 Å². The molecule has 104 valence electrons. The van der Waals surface area contributed by atoms with E-state index in [-0.39, 0.29) is 11.8 Å². The number of carbonyl (C=O) groups excluding carboxylic acids is 1. The van der Waals surface area contributed by atoms with Crippen molar-refractivity contribution in [3.05, 3.63) is 35.9 Å². The third-order valence-corrected chi connectivity index (χ3v) is 4.05. The molecule has 0 radical (unpaired) electrons. The summed E-state index contributed by atoms with van der Waals surface area (Å²) in [6.07, 6.45) is 8.12. The van der Waals surface area contributed by atoms with E-state index < -0.39 is 0 Å². The van der Waals surface area contributed by atoms with Crippen molar-refractivity contribution >= 4 is 5.91 Å². The highest BCUT2D eigenvalue weighted by atomic mass is 16.1. The minimum atomic E-state index is 0.0214. The summed E-state index contributed by atoms with van der Waals surface area (Å²) in [4.78, 5) is 12.5. The lowest BCUT2D eigenvalue weighted by atomic mass is 9.91. The van der Waals surface area contributed by atoms with E-state index >= 15 is 0 Å². The number of amides is 1. The van der Waals surface area contributed by atoms with E-state index in [1.165, 1.54) is 19.3 Å². The summed E-state index contributed by atoms with van der Waals surface area (Å²) in [5.74, 6) is 0.244. The Morgan fingerprint density at radius 1 is 1.21 bits per heavy atom. The van der Waals surface area contributed by atoms with Crippen molar-refractivity contribution in [2.45, 2.75) is 63.8 Å². The van der Waals surface area contributed by atoms with E-state index in [2.05, 4.69) is 24.4 Å². The first-order valence-electron chi connectivity index (χ1n) is 7.66. The van der Waals surface area contributed by atoms with E-state index in [1.54, 1.807) is 0 Å². The Kier molecular flexibility index (Phi) is 5.44. The predicted octanol–water partition coefficient (Wildman–Crippen LogP) is 4.02. The molecule has 1 unspecified atom stereocenters. The van der Waals surface area contributed by atoms with Gasteiger partial charge in [-0.2, -0.15) is 0 Å². The summed E-state index contributed by atoms with van der Waals surface area (Å²) in [5.41, 5.74) is 1.15. The molecule has 19 heavy (non-hydrogen) atoms. The fraction of sp³-hybridized carbons (Fsp3) is 0.588. The van der Waals surface area contributed by atoms with Gasteiger partial charge < -0.3 is 5.32 Å². The molecule has 1 aromatic rings. The highest BCUT2D eigenvalue weighted by Crippen LogP contribution is 2.23. The van der Waals surface area contributed by atoms with Gasteiger partial charge in [0.2, 0.25) is 5.91 Å². The van der Waals surface area contributed by atoms with E-state index in [1.807, 2.05) is 18.2 Å². The zero-order valence-corrected chi connectivity index (χ0v) is 11.9. The van der Waals surface area contributed by atoms with Gasteiger partial charge in [-0.15, -0.1) is 0 Å². The van der Waals surface area contributed by atoms with Gasteiger partial charge in [0.15, 0.2) is 0 Å². The van der Waals surface area contributed by atoms with Gasteiger partial charge in [0.25, 0.3) is 0 Å². The molecule has 0 aliphatic heterocycles. The van der Waals surface area contributed by atoms with Crippen LogP contribution in [0.1, 0.15) is 63.4 Å². The van der Waals surface area contributed by atoms with Crippen LogP contribution in [-0.4, -0.2) is 11.9 Å². The third-order valence-electron chi connectivity index (χ3n) is 4.05. The van der Waals surface area contributed by atoms with Crippen LogP contribution in [0.2, 0.25) is 0 Å². The van der Waals surface area contributed by atoms with Gasteiger partial charge in [-0.3, -0.25) is 4.79 Å². The van der Waals surface area contributed by atoms with E-state index in [0.29, 0.717) is 6.04 Å². The van der Waals surface area contributed by atoms with Crippen LogP contribution in [0.4, 0.5) is 0 Å². The average molecular weight is 259 g/mol. The molecule has 2 rings (SSSR count). The lowest BCUT2D eigenvalue weighted by molar-refractivity contribution is -0.123. The number of nitrogens with one attached hydrogen (secondary N) is 1. The first-order chi connectivity index (χ1) is 9.31. The van der Waals surface area contributed by atoms with E-state index in [9.17, 15) is 4.79 Å². The molecular formula is C17H25NO. The molecule has 1 aliphatic carbocycles. The molecule has 0 bridgehead atoms. The molecule has 1 fully saturated rings. The Balaban J connectivity index is 1.99. The van der Waals surface area contributed by atoms with Crippen molar-refractivity contribution < 1.29 is 4.79 Å². The van der Waals surface area contributed by atoms with Crippen molar-refractivity contribution in [3.63, 3.8) is 0 Å². The average Bonchev–Trinajstić information content (AvgIpc) is 2.46. The Morgan fingerprint density at radius 2 is 1.89 bits per heavy atom. The van der Waals surface area contributed by atoms with Gasteiger partial charge >= 0.3 is 0 Å². The fourth-order valence-electron chi connectivity index (χ4n) is 2.97. The largest absolute Gasteiger partial charge is 0.353 e. The number of benzene rings is 1. The van der Waals surface area contributed by atoms with Gasteiger partial charge in [-0.1, -0.05) is 62.9 Å². The van der Waals surface area contributed by atoms with Crippen molar-refractivity contribution in [3.8, 4) is 0 Å². The summed E-state index contributed by atoms with van der Waals surface area (Å²) in [5, 5.41) is 3.26. The third kappa shape index (κ3) is 4.09. The summed E-state index contributed by atoms with van der Waals surface area (Å²) >= 11 is 0. The summed E-state index contributed by atoms with van der Waals surface area (Å²) < 4.78 is 0. The van der Waals surface area contributed by atoms with Gasteiger partial charge in [0, 0.05) is 6.04 Å². The molecular weight excluding hydrogens is 234 g/mol. The molecule has 2 heteroatoms. The van der Waals surface area contributed by atoms with Gasteiger partial charge in [-0.05, 0) is 24.8 Å². The lowest BCUT2D eigenvalue weighted by Crippen LogP contribution is -2.39. The van der Waals surface area contributed by atoms with Crippen LogP contribution in [-0.2, 0) is 4.79 Å².